The van der Waals surface area contributed by atoms with Crippen LogP contribution in [0, 0.1) is 5.82 Å². The van der Waals surface area contributed by atoms with Crippen LogP contribution >= 0.6 is 12.2 Å². The van der Waals surface area contributed by atoms with Crippen molar-refractivity contribution in [3.63, 3.8) is 0 Å². The highest BCUT2D eigenvalue weighted by Gasteiger charge is 2.31. The van der Waals surface area contributed by atoms with E-state index in [9.17, 15) is 22.4 Å². The van der Waals surface area contributed by atoms with Crippen molar-refractivity contribution in [1.29, 1.82) is 0 Å². The molecular weight excluding hydrogens is 642 g/mol. The number of amides is 1. The molecule has 1 saturated heterocycles. The van der Waals surface area contributed by atoms with E-state index in [-0.39, 0.29) is 48.6 Å². The van der Waals surface area contributed by atoms with Gasteiger partial charge in [-0.05, 0) is 71.9 Å². The van der Waals surface area contributed by atoms with Gasteiger partial charge < -0.3 is 15.5 Å². The van der Waals surface area contributed by atoms with Crippen molar-refractivity contribution in [2.24, 2.45) is 0 Å². The molecule has 0 radical (unpaired) electrons. The molecule has 1 aliphatic rings. The number of carbonyl (C=O) groups is 1. The predicted octanol–water partition coefficient (Wildman–Crippen LogP) is 3.68. The number of aromatic amines is 1. The van der Waals surface area contributed by atoms with Gasteiger partial charge in [-0.1, -0.05) is 30.3 Å². The third-order valence-corrected chi connectivity index (χ3v) is 10.0. The minimum atomic E-state index is -3.83. The van der Waals surface area contributed by atoms with Gasteiger partial charge in [0.15, 0.2) is 5.11 Å². The second kappa shape index (κ2) is 13.7. The Labute approximate surface area is 275 Å². The number of fused-ring (bicyclic) bond motifs is 1. The van der Waals surface area contributed by atoms with Crippen molar-refractivity contribution in [3.05, 3.63) is 130 Å². The molecule has 0 aliphatic carbocycles. The van der Waals surface area contributed by atoms with E-state index in [1.165, 1.54) is 33.5 Å². The van der Waals surface area contributed by atoms with Crippen LogP contribution in [0.1, 0.15) is 27.2 Å². The van der Waals surface area contributed by atoms with Crippen molar-refractivity contribution >= 4 is 49.7 Å². The lowest BCUT2D eigenvalue weighted by Gasteiger charge is -2.34. The molecule has 1 aliphatic heterocycles. The average Bonchev–Trinajstić information content (AvgIpc) is 3.10. The maximum absolute atomic E-state index is 14.9. The molecule has 11 nitrogen and oxygen atoms in total. The molecule has 5 aromatic rings. The molecule has 0 spiro atoms. The van der Waals surface area contributed by atoms with Gasteiger partial charge in [0.2, 0.25) is 10.0 Å². The molecule has 0 atom stereocenters. The van der Waals surface area contributed by atoms with Gasteiger partial charge in [-0.25, -0.2) is 17.9 Å². The molecule has 240 valence electrons. The van der Waals surface area contributed by atoms with Gasteiger partial charge in [-0.2, -0.15) is 9.40 Å². The monoisotopic (exact) mass is 671 g/mol. The fraction of sp³-hybridized carbons (Fsp3) is 0.182. The van der Waals surface area contributed by atoms with Gasteiger partial charge in [-0.15, -0.1) is 0 Å². The number of hydrogen-bond donors (Lipinski definition) is 3. The Morgan fingerprint density at radius 3 is 2.40 bits per heavy atom. The van der Waals surface area contributed by atoms with E-state index in [2.05, 4.69) is 25.8 Å². The highest BCUT2D eigenvalue weighted by molar-refractivity contribution is 7.89. The maximum atomic E-state index is 14.9. The molecule has 0 unspecified atom stereocenters. The standard InChI is InChI=1S/C33H30FN7O4S2/c34-29-12-7-22(19-30-26-5-1-2-6-27(26)31(42)39-38-30)18-28(29)32(43)40-14-16-41(17-15-40)47(44,45)25-10-8-24(9-11-25)37-33(46)36-21-23-4-3-13-35-20-23/h1-13,18,20H,14-17,19,21H2,(H,39,42)(H2,36,37,46). The molecule has 47 heavy (non-hydrogen) atoms. The Kier molecular flexibility index (Phi) is 9.33. The summed E-state index contributed by atoms with van der Waals surface area (Å²) >= 11 is 5.34. The summed E-state index contributed by atoms with van der Waals surface area (Å²) in [4.78, 5) is 31.2. The van der Waals surface area contributed by atoms with E-state index >= 15 is 0 Å². The Morgan fingerprint density at radius 2 is 1.68 bits per heavy atom. The van der Waals surface area contributed by atoms with E-state index in [1.54, 1.807) is 54.9 Å². The zero-order valence-electron chi connectivity index (χ0n) is 25.0. The van der Waals surface area contributed by atoms with Gasteiger partial charge in [-0.3, -0.25) is 14.6 Å². The largest absolute Gasteiger partial charge is 0.358 e. The molecular formula is C33H30FN7O4S2. The van der Waals surface area contributed by atoms with Crippen LogP contribution in [-0.2, 0) is 23.0 Å². The van der Waals surface area contributed by atoms with E-state index in [0.29, 0.717) is 39.4 Å². The minimum Gasteiger partial charge on any atom is -0.358 e. The molecule has 1 amide bonds. The van der Waals surface area contributed by atoms with E-state index in [4.69, 9.17) is 12.2 Å². The molecule has 2 aromatic heterocycles. The molecule has 3 N–H and O–H groups in total. The van der Waals surface area contributed by atoms with Crippen LogP contribution in [0.25, 0.3) is 10.8 Å². The van der Waals surface area contributed by atoms with Crippen LogP contribution in [0.4, 0.5) is 10.1 Å². The van der Waals surface area contributed by atoms with Gasteiger partial charge in [0, 0.05) is 62.6 Å². The van der Waals surface area contributed by atoms with Crippen LogP contribution in [0.15, 0.2) is 101 Å². The summed E-state index contributed by atoms with van der Waals surface area (Å²) in [7, 11) is -3.83. The number of halogens is 1. The number of aromatic nitrogens is 3. The zero-order valence-corrected chi connectivity index (χ0v) is 26.7. The van der Waals surface area contributed by atoms with Crippen molar-refractivity contribution in [1.82, 2.24) is 29.7 Å². The fourth-order valence-corrected chi connectivity index (χ4v) is 6.98. The molecule has 0 saturated carbocycles. The number of nitrogens with one attached hydrogen (secondary N) is 3. The smallest absolute Gasteiger partial charge is 0.272 e. The normalized spacial score (nSPS) is 13.8. The number of anilines is 1. The first kappa shape index (κ1) is 31.9. The highest BCUT2D eigenvalue weighted by atomic mass is 32.2. The van der Waals surface area contributed by atoms with E-state index < -0.39 is 21.7 Å². The summed E-state index contributed by atoms with van der Waals surface area (Å²) in [6.07, 6.45) is 3.69. The van der Waals surface area contributed by atoms with E-state index in [1.807, 2.05) is 12.1 Å². The van der Waals surface area contributed by atoms with Crippen molar-refractivity contribution in [2.75, 3.05) is 31.5 Å². The Morgan fingerprint density at radius 1 is 0.936 bits per heavy atom. The third-order valence-electron chi connectivity index (χ3n) is 7.86. The van der Waals surface area contributed by atoms with Crippen molar-refractivity contribution in [2.45, 2.75) is 17.9 Å². The number of H-pyrrole nitrogens is 1. The molecule has 6 rings (SSSR count). The molecule has 3 aromatic carbocycles. The first-order valence-corrected chi connectivity index (χ1v) is 16.6. The summed E-state index contributed by atoms with van der Waals surface area (Å²) < 4.78 is 43.0. The Balaban J connectivity index is 1.07. The lowest BCUT2D eigenvalue weighted by atomic mass is 10.0. The van der Waals surface area contributed by atoms with Crippen LogP contribution in [0.2, 0.25) is 0 Å². The molecule has 14 heteroatoms. The first-order valence-electron chi connectivity index (χ1n) is 14.8. The SMILES string of the molecule is O=C(c1cc(Cc2n[nH]c(=O)c3ccccc23)ccc1F)N1CCN(S(=O)(=O)c2ccc(NC(=S)NCc3cccnc3)cc2)CC1. The van der Waals surface area contributed by atoms with Gasteiger partial charge in [0.05, 0.1) is 21.5 Å². The maximum Gasteiger partial charge on any atom is 0.272 e. The van der Waals surface area contributed by atoms with Gasteiger partial charge in [0.1, 0.15) is 5.82 Å². The lowest BCUT2D eigenvalue weighted by molar-refractivity contribution is 0.0693. The fourth-order valence-electron chi connectivity index (χ4n) is 5.37. The Bertz CT molecular complexity index is 2100. The van der Waals surface area contributed by atoms with Gasteiger partial charge >= 0.3 is 0 Å². The molecule has 3 heterocycles. The van der Waals surface area contributed by atoms with Gasteiger partial charge in [0.25, 0.3) is 11.5 Å². The summed E-state index contributed by atoms with van der Waals surface area (Å²) in [5.74, 6) is -1.20. The van der Waals surface area contributed by atoms with Crippen LogP contribution < -0.4 is 16.2 Å². The average molecular weight is 672 g/mol. The second-order valence-electron chi connectivity index (χ2n) is 10.9. The lowest BCUT2D eigenvalue weighted by Crippen LogP contribution is -2.50. The summed E-state index contributed by atoms with van der Waals surface area (Å²) in [5.41, 5.74) is 2.41. The van der Waals surface area contributed by atoms with Crippen LogP contribution in [0.5, 0.6) is 0 Å². The van der Waals surface area contributed by atoms with E-state index in [0.717, 1.165) is 5.56 Å². The third kappa shape index (κ3) is 7.19. The Hall–Kier alpha value is -5.05. The van der Waals surface area contributed by atoms with Crippen molar-refractivity contribution in [3.8, 4) is 0 Å². The number of carbonyl (C=O) groups excluding carboxylic acids is 1. The quantitative estimate of drug-likeness (QED) is 0.211. The predicted molar refractivity (Wildman–Crippen MR) is 180 cm³/mol. The zero-order chi connectivity index (χ0) is 33.0. The number of pyridine rings is 1. The van der Waals surface area contributed by atoms with Crippen molar-refractivity contribution < 1.29 is 17.6 Å². The summed E-state index contributed by atoms with van der Waals surface area (Å²) in [6, 6.07) is 21.4. The van der Waals surface area contributed by atoms with Crippen LogP contribution in [0.3, 0.4) is 0 Å². The number of rotatable bonds is 8. The first-order chi connectivity index (χ1) is 22.7. The topological polar surface area (TPSA) is 140 Å². The number of nitrogens with zero attached hydrogens (tertiary/aromatic N) is 4. The molecule has 1 fully saturated rings. The molecule has 0 bridgehead atoms. The number of thiocarbonyl (C=S) groups is 1. The highest BCUT2D eigenvalue weighted by Crippen LogP contribution is 2.23. The number of hydrogen-bond acceptors (Lipinski definition) is 7. The number of sulfonamides is 1. The second-order valence-corrected chi connectivity index (χ2v) is 13.3. The number of piperazine rings is 1. The van der Waals surface area contributed by atoms with Crippen LogP contribution in [-0.4, -0.2) is 70.0 Å². The summed E-state index contributed by atoms with van der Waals surface area (Å²) in [6.45, 7) is 0.815. The number of benzene rings is 3. The minimum absolute atomic E-state index is 0.0605. The summed E-state index contributed by atoms with van der Waals surface area (Å²) in [5, 5.41) is 14.3.